The number of hydrogen-bond acceptors (Lipinski definition) is 4. The van der Waals surface area contributed by atoms with Crippen LogP contribution in [0.4, 0.5) is 18.3 Å². The van der Waals surface area contributed by atoms with Crippen LogP contribution in [0.1, 0.15) is 21.6 Å². The molecule has 0 aliphatic carbocycles. The number of halogens is 3. The number of carbonyl (C=O) groups excluding carboxylic acids is 1. The molecule has 1 amide bonds. The fourth-order valence-electron chi connectivity index (χ4n) is 2.53. The topological polar surface area (TPSA) is 51.2 Å². The number of anilines is 1. The summed E-state index contributed by atoms with van der Waals surface area (Å²) < 4.78 is 43.3. The van der Waals surface area contributed by atoms with Crippen LogP contribution in [0.5, 0.6) is 5.75 Å². The number of rotatable bonds is 6. The normalized spacial score (nSPS) is 11.6. The predicted octanol–water partition coefficient (Wildman–Crippen LogP) is 5.41. The maximum absolute atomic E-state index is 12.7. The molecule has 1 heterocycles. The van der Waals surface area contributed by atoms with Crippen LogP contribution >= 0.6 is 11.3 Å². The van der Waals surface area contributed by atoms with E-state index < -0.39 is 17.6 Å². The highest BCUT2D eigenvalue weighted by Gasteiger charge is 2.30. The lowest BCUT2D eigenvalue weighted by Crippen LogP contribution is -2.07. The summed E-state index contributed by atoms with van der Waals surface area (Å²) in [6.07, 6.45) is 0.433. The zero-order valence-corrected chi connectivity index (χ0v) is 16.2. The van der Waals surface area contributed by atoms with Gasteiger partial charge in [0.25, 0.3) is 0 Å². The van der Waals surface area contributed by atoms with Crippen molar-refractivity contribution in [3.63, 3.8) is 0 Å². The molecular weight excluding hydrogens is 401 g/mol. The van der Waals surface area contributed by atoms with E-state index in [4.69, 9.17) is 4.74 Å². The van der Waals surface area contributed by atoms with Crippen molar-refractivity contribution < 1.29 is 22.7 Å². The standard InChI is InChI=1S/C21H17F3N2O2S/c1-28-17-8-5-15(6-9-17)12-18-13-25-20(29-18)26-19(27)10-7-14-3-2-4-16(11-14)21(22,23)24/h2-11,13H,12H2,1H3,(H,25,26,27)/b10-7-. The summed E-state index contributed by atoms with van der Waals surface area (Å²) in [5, 5.41) is 3.04. The van der Waals surface area contributed by atoms with Gasteiger partial charge in [-0.1, -0.05) is 24.3 Å². The Morgan fingerprint density at radius 2 is 1.97 bits per heavy atom. The van der Waals surface area contributed by atoms with Crippen molar-refractivity contribution in [1.82, 2.24) is 4.98 Å². The molecule has 0 unspecified atom stereocenters. The first-order valence-corrected chi connectivity index (χ1v) is 9.39. The fraction of sp³-hybridized carbons (Fsp3) is 0.143. The minimum atomic E-state index is -4.42. The molecule has 0 aliphatic rings. The molecule has 0 atom stereocenters. The van der Waals surface area contributed by atoms with Gasteiger partial charge in [0.2, 0.25) is 5.91 Å². The van der Waals surface area contributed by atoms with Gasteiger partial charge in [0.05, 0.1) is 12.7 Å². The summed E-state index contributed by atoms with van der Waals surface area (Å²) in [6, 6.07) is 12.4. The van der Waals surface area contributed by atoms with Crippen LogP contribution in [0.2, 0.25) is 0 Å². The summed E-state index contributed by atoms with van der Waals surface area (Å²) in [5.41, 5.74) is 0.606. The van der Waals surface area contributed by atoms with Crippen LogP contribution in [0.25, 0.3) is 6.08 Å². The Morgan fingerprint density at radius 3 is 2.66 bits per heavy atom. The first-order valence-electron chi connectivity index (χ1n) is 8.57. The van der Waals surface area contributed by atoms with E-state index in [1.54, 1.807) is 13.3 Å². The molecule has 0 spiro atoms. The van der Waals surface area contributed by atoms with E-state index in [9.17, 15) is 18.0 Å². The predicted molar refractivity (Wildman–Crippen MR) is 107 cm³/mol. The van der Waals surface area contributed by atoms with Gasteiger partial charge in [0.1, 0.15) is 5.75 Å². The van der Waals surface area contributed by atoms with Crippen molar-refractivity contribution in [3.8, 4) is 5.75 Å². The molecule has 1 aromatic heterocycles. The number of nitrogens with zero attached hydrogens (tertiary/aromatic N) is 1. The van der Waals surface area contributed by atoms with Crippen LogP contribution < -0.4 is 10.1 Å². The molecule has 8 heteroatoms. The lowest BCUT2D eigenvalue weighted by atomic mass is 10.1. The van der Waals surface area contributed by atoms with Gasteiger partial charge in [-0.05, 0) is 41.5 Å². The molecule has 0 radical (unpaired) electrons. The number of nitrogens with one attached hydrogen (secondary N) is 1. The molecular formula is C21H17F3N2O2S. The molecule has 3 rings (SSSR count). The van der Waals surface area contributed by atoms with E-state index in [1.165, 1.54) is 35.6 Å². The van der Waals surface area contributed by atoms with Gasteiger partial charge in [0.15, 0.2) is 5.13 Å². The Balaban J connectivity index is 1.59. The Bertz CT molecular complexity index is 1010. The van der Waals surface area contributed by atoms with Crippen LogP contribution in [-0.4, -0.2) is 18.0 Å². The second kappa shape index (κ2) is 8.91. The molecule has 0 fully saturated rings. The largest absolute Gasteiger partial charge is 0.497 e. The smallest absolute Gasteiger partial charge is 0.416 e. The minimum Gasteiger partial charge on any atom is -0.497 e. The van der Waals surface area contributed by atoms with Gasteiger partial charge in [-0.25, -0.2) is 4.98 Å². The zero-order chi connectivity index (χ0) is 20.9. The number of amides is 1. The second-order valence-corrected chi connectivity index (χ2v) is 7.22. The van der Waals surface area contributed by atoms with E-state index >= 15 is 0 Å². The van der Waals surface area contributed by atoms with Crippen LogP contribution in [0.15, 0.2) is 60.8 Å². The van der Waals surface area contributed by atoms with Crippen molar-refractivity contribution in [2.24, 2.45) is 0 Å². The highest BCUT2D eigenvalue weighted by molar-refractivity contribution is 7.15. The average Bonchev–Trinajstić information content (AvgIpc) is 3.13. The van der Waals surface area contributed by atoms with Gasteiger partial charge in [-0.15, -0.1) is 11.3 Å². The molecule has 0 saturated heterocycles. The monoisotopic (exact) mass is 418 g/mol. The van der Waals surface area contributed by atoms with Gasteiger partial charge in [-0.2, -0.15) is 13.2 Å². The van der Waals surface area contributed by atoms with E-state index in [-0.39, 0.29) is 5.56 Å². The lowest BCUT2D eigenvalue weighted by molar-refractivity contribution is -0.137. The second-order valence-electron chi connectivity index (χ2n) is 6.10. The van der Waals surface area contributed by atoms with Gasteiger partial charge < -0.3 is 4.74 Å². The number of benzene rings is 2. The Hall–Kier alpha value is -3.13. The lowest BCUT2D eigenvalue weighted by Gasteiger charge is -2.06. The van der Waals surface area contributed by atoms with E-state index in [0.29, 0.717) is 11.6 Å². The van der Waals surface area contributed by atoms with Crippen LogP contribution in [-0.2, 0) is 17.4 Å². The van der Waals surface area contributed by atoms with Crippen molar-refractivity contribution in [3.05, 3.63) is 82.4 Å². The molecule has 2 aromatic carbocycles. The summed E-state index contributed by atoms with van der Waals surface area (Å²) in [7, 11) is 1.61. The molecule has 0 aliphatic heterocycles. The molecule has 0 bridgehead atoms. The SMILES string of the molecule is COc1ccc(Cc2cnc(NC(=O)/C=C\c3cccc(C(F)(F)F)c3)s2)cc1. The third-order valence-corrected chi connectivity index (χ3v) is 4.87. The Kier molecular flexibility index (Phi) is 6.33. The fourth-order valence-corrected chi connectivity index (χ4v) is 3.38. The maximum Gasteiger partial charge on any atom is 0.416 e. The van der Waals surface area contributed by atoms with E-state index in [0.717, 1.165) is 28.3 Å². The summed E-state index contributed by atoms with van der Waals surface area (Å²) >= 11 is 1.34. The Labute approximate surface area is 169 Å². The molecule has 1 N–H and O–H groups in total. The van der Waals surface area contributed by atoms with Gasteiger partial charge in [0, 0.05) is 23.6 Å². The van der Waals surface area contributed by atoms with E-state index in [1.807, 2.05) is 24.3 Å². The number of methoxy groups -OCH3 is 1. The first-order chi connectivity index (χ1) is 13.8. The first kappa shape index (κ1) is 20.6. The highest BCUT2D eigenvalue weighted by Crippen LogP contribution is 2.29. The average molecular weight is 418 g/mol. The molecule has 0 saturated carbocycles. The number of ether oxygens (including phenoxy) is 1. The van der Waals surface area contributed by atoms with E-state index in [2.05, 4.69) is 10.3 Å². The van der Waals surface area contributed by atoms with Crippen molar-refractivity contribution in [1.29, 1.82) is 0 Å². The van der Waals surface area contributed by atoms with Crippen LogP contribution in [0, 0.1) is 0 Å². The quantitative estimate of drug-likeness (QED) is 0.545. The maximum atomic E-state index is 12.7. The number of thiazole rings is 1. The van der Waals surface area contributed by atoms with Gasteiger partial charge >= 0.3 is 6.18 Å². The van der Waals surface area contributed by atoms with Crippen molar-refractivity contribution >= 4 is 28.5 Å². The molecule has 150 valence electrons. The summed E-state index contributed by atoms with van der Waals surface area (Å²) in [5.74, 6) is 0.311. The third kappa shape index (κ3) is 5.92. The number of alkyl halides is 3. The van der Waals surface area contributed by atoms with Gasteiger partial charge in [-0.3, -0.25) is 10.1 Å². The van der Waals surface area contributed by atoms with Crippen molar-refractivity contribution in [2.75, 3.05) is 12.4 Å². The van der Waals surface area contributed by atoms with Crippen LogP contribution in [0.3, 0.4) is 0 Å². The molecule has 29 heavy (non-hydrogen) atoms. The van der Waals surface area contributed by atoms with Crippen molar-refractivity contribution in [2.45, 2.75) is 12.6 Å². The third-order valence-electron chi connectivity index (χ3n) is 3.96. The summed E-state index contributed by atoms with van der Waals surface area (Å²) in [4.78, 5) is 17.2. The Morgan fingerprint density at radius 1 is 1.21 bits per heavy atom. The molecule has 3 aromatic rings. The number of carbonyl (C=O) groups is 1. The zero-order valence-electron chi connectivity index (χ0n) is 15.4. The molecule has 4 nitrogen and oxygen atoms in total. The number of aromatic nitrogens is 1. The highest BCUT2D eigenvalue weighted by atomic mass is 32.1. The summed E-state index contributed by atoms with van der Waals surface area (Å²) in [6.45, 7) is 0. The number of hydrogen-bond donors (Lipinski definition) is 1. The minimum absolute atomic E-state index is 0.286.